The molecule has 0 spiro atoms. The highest BCUT2D eigenvalue weighted by atomic mass is 19.1. The van der Waals surface area contributed by atoms with Gasteiger partial charge in [0.2, 0.25) is 5.91 Å². The molecule has 144 valence electrons. The maximum absolute atomic E-state index is 13.5. The normalized spacial score (nSPS) is 17.0. The summed E-state index contributed by atoms with van der Waals surface area (Å²) in [7, 11) is 0. The Hall–Kier alpha value is -2.54. The van der Waals surface area contributed by atoms with Crippen molar-refractivity contribution in [2.45, 2.75) is 18.9 Å². The number of carbonyl (C=O) groups excluding carboxylic acids is 1. The fourth-order valence-electron chi connectivity index (χ4n) is 3.16. The number of halogens is 3. The van der Waals surface area contributed by atoms with Gasteiger partial charge in [-0.25, -0.2) is 13.2 Å². The number of piperazine rings is 1. The van der Waals surface area contributed by atoms with E-state index in [2.05, 4.69) is 5.32 Å². The van der Waals surface area contributed by atoms with E-state index < -0.39 is 11.6 Å². The van der Waals surface area contributed by atoms with Gasteiger partial charge in [0.05, 0.1) is 12.6 Å². The molecular formula is C20H21F3N2O2. The van der Waals surface area contributed by atoms with Crippen LogP contribution in [0.25, 0.3) is 0 Å². The molecule has 7 heteroatoms. The minimum absolute atomic E-state index is 0.0383. The number of benzene rings is 2. The molecule has 0 radical (unpaired) electrons. The summed E-state index contributed by atoms with van der Waals surface area (Å²) in [6.45, 7) is 1.92. The predicted octanol–water partition coefficient (Wildman–Crippen LogP) is 3.44. The Morgan fingerprint density at radius 1 is 1.15 bits per heavy atom. The zero-order valence-electron chi connectivity index (χ0n) is 14.8. The third-order valence-corrected chi connectivity index (χ3v) is 4.48. The number of nitrogens with one attached hydrogen (secondary N) is 1. The zero-order valence-corrected chi connectivity index (χ0v) is 14.8. The van der Waals surface area contributed by atoms with E-state index in [-0.39, 0.29) is 36.5 Å². The summed E-state index contributed by atoms with van der Waals surface area (Å²) in [5, 5.41) is 3.22. The molecule has 2 aromatic carbocycles. The van der Waals surface area contributed by atoms with Gasteiger partial charge in [0, 0.05) is 32.1 Å². The molecule has 0 aromatic heterocycles. The Kier molecular flexibility index (Phi) is 6.34. The Morgan fingerprint density at radius 2 is 1.96 bits per heavy atom. The van der Waals surface area contributed by atoms with E-state index >= 15 is 0 Å². The lowest BCUT2D eigenvalue weighted by molar-refractivity contribution is -0.134. The number of ether oxygens (including phenoxy) is 1. The molecule has 1 unspecified atom stereocenters. The molecule has 1 aliphatic rings. The first-order valence-electron chi connectivity index (χ1n) is 8.88. The van der Waals surface area contributed by atoms with Crippen LogP contribution in [0.2, 0.25) is 0 Å². The smallest absolute Gasteiger partial charge is 0.223 e. The van der Waals surface area contributed by atoms with E-state index in [1.54, 1.807) is 17.0 Å². The van der Waals surface area contributed by atoms with E-state index in [0.29, 0.717) is 26.1 Å². The lowest BCUT2D eigenvalue weighted by Gasteiger charge is -2.36. The van der Waals surface area contributed by atoms with Crippen molar-refractivity contribution >= 4 is 5.91 Å². The summed E-state index contributed by atoms with van der Waals surface area (Å²) in [6, 6.07) is 9.13. The fraction of sp³-hybridized carbons (Fsp3) is 0.350. The van der Waals surface area contributed by atoms with Crippen LogP contribution >= 0.6 is 0 Å². The van der Waals surface area contributed by atoms with Gasteiger partial charge in [-0.2, -0.15) is 0 Å². The summed E-state index contributed by atoms with van der Waals surface area (Å²) in [5.41, 5.74) is 0.750. The van der Waals surface area contributed by atoms with Crippen LogP contribution in [0.1, 0.15) is 24.4 Å². The van der Waals surface area contributed by atoms with Gasteiger partial charge in [0.25, 0.3) is 0 Å². The number of hydrogen-bond donors (Lipinski definition) is 1. The highest BCUT2D eigenvalue weighted by Crippen LogP contribution is 2.24. The van der Waals surface area contributed by atoms with E-state index in [9.17, 15) is 18.0 Å². The molecule has 1 heterocycles. The lowest BCUT2D eigenvalue weighted by Crippen LogP contribution is -2.48. The standard InChI is InChI=1S/C20H21F3N2O2/c21-15-4-1-3-14(11-15)18-13-24-8-9-25(18)20(26)5-2-10-27-19-7-6-16(22)12-17(19)23/h1,3-4,6-7,11-12,18,24H,2,5,8-10,13H2. The van der Waals surface area contributed by atoms with Crippen molar-refractivity contribution in [2.75, 3.05) is 26.2 Å². The molecule has 1 fully saturated rings. The third-order valence-electron chi connectivity index (χ3n) is 4.48. The van der Waals surface area contributed by atoms with Crippen molar-refractivity contribution in [1.82, 2.24) is 10.2 Å². The minimum atomic E-state index is -0.769. The molecule has 1 amide bonds. The molecule has 1 aliphatic heterocycles. The van der Waals surface area contributed by atoms with Gasteiger partial charge in [0.1, 0.15) is 11.6 Å². The van der Waals surface area contributed by atoms with Gasteiger partial charge in [-0.15, -0.1) is 0 Å². The highest BCUT2D eigenvalue weighted by molar-refractivity contribution is 5.77. The van der Waals surface area contributed by atoms with Gasteiger partial charge < -0.3 is 15.0 Å². The zero-order chi connectivity index (χ0) is 19.2. The average Bonchev–Trinajstić information content (AvgIpc) is 2.66. The first-order chi connectivity index (χ1) is 13.0. The van der Waals surface area contributed by atoms with Crippen molar-refractivity contribution in [3.8, 4) is 5.75 Å². The number of rotatable bonds is 6. The molecule has 0 bridgehead atoms. The van der Waals surface area contributed by atoms with Crippen LogP contribution in [0.5, 0.6) is 5.75 Å². The number of amides is 1. The van der Waals surface area contributed by atoms with Crippen LogP contribution in [-0.2, 0) is 4.79 Å². The van der Waals surface area contributed by atoms with Crippen molar-refractivity contribution in [3.63, 3.8) is 0 Å². The van der Waals surface area contributed by atoms with Crippen LogP contribution in [0.15, 0.2) is 42.5 Å². The summed E-state index contributed by atoms with van der Waals surface area (Å²) >= 11 is 0. The van der Waals surface area contributed by atoms with Crippen molar-refractivity contribution in [3.05, 3.63) is 65.5 Å². The van der Waals surface area contributed by atoms with Gasteiger partial charge in [-0.3, -0.25) is 4.79 Å². The topological polar surface area (TPSA) is 41.6 Å². The average molecular weight is 378 g/mol. The molecule has 3 rings (SSSR count). The molecule has 1 atom stereocenters. The van der Waals surface area contributed by atoms with Crippen molar-refractivity contribution in [2.24, 2.45) is 0 Å². The highest BCUT2D eigenvalue weighted by Gasteiger charge is 2.27. The second-order valence-corrected chi connectivity index (χ2v) is 6.39. The van der Waals surface area contributed by atoms with Crippen LogP contribution in [-0.4, -0.2) is 37.0 Å². The summed E-state index contributed by atoms with van der Waals surface area (Å²) in [4.78, 5) is 14.4. The first kappa shape index (κ1) is 19.2. The number of carbonyl (C=O) groups is 1. The second-order valence-electron chi connectivity index (χ2n) is 6.39. The second kappa shape index (κ2) is 8.90. The van der Waals surface area contributed by atoms with Crippen LogP contribution in [0.4, 0.5) is 13.2 Å². The number of nitrogens with zero attached hydrogens (tertiary/aromatic N) is 1. The number of hydrogen-bond acceptors (Lipinski definition) is 3. The first-order valence-corrected chi connectivity index (χ1v) is 8.88. The maximum atomic E-state index is 13.5. The van der Waals surface area contributed by atoms with Crippen LogP contribution < -0.4 is 10.1 Å². The fourth-order valence-corrected chi connectivity index (χ4v) is 3.16. The monoisotopic (exact) mass is 378 g/mol. The quantitative estimate of drug-likeness (QED) is 0.783. The van der Waals surface area contributed by atoms with E-state index in [0.717, 1.165) is 17.7 Å². The largest absolute Gasteiger partial charge is 0.491 e. The molecule has 4 nitrogen and oxygen atoms in total. The van der Waals surface area contributed by atoms with Gasteiger partial charge in [-0.05, 0) is 36.2 Å². The molecule has 2 aromatic rings. The summed E-state index contributed by atoms with van der Waals surface area (Å²) in [6.07, 6.45) is 0.629. The molecule has 1 N–H and O–H groups in total. The molecular weight excluding hydrogens is 357 g/mol. The SMILES string of the molecule is O=C(CCCOc1ccc(F)cc1F)N1CCNCC1c1cccc(F)c1. The maximum Gasteiger partial charge on any atom is 0.223 e. The lowest BCUT2D eigenvalue weighted by atomic mass is 10.0. The minimum Gasteiger partial charge on any atom is -0.491 e. The summed E-state index contributed by atoms with van der Waals surface area (Å²) in [5.74, 6) is -1.87. The Balaban J connectivity index is 1.54. The van der Waals surface area contributed by atoms with E-state index in [1.165, 1.54) is 18.2 Å². The molecule has 1 saturated heterocycles. The van der Waals surface area contributed by atoms with Gasteiger partial charge >= 0.3 is 0 Å². The molecule has 27 heavy (non-hydrogen) atoms. The van der Waals surface area contributed by atoms with Crippen LogP contribution in [0, 0.1) is 17.5 Å². The Morgan fingerprint density at radius 3 is 2.74 bits per heavy atom. The van der Waals surface area contributed by atoms with E-state index in [4.69, 9.17) is 4.74 Å². The van der Waals surface area contributed by atoms with Crippen molar-refractivity contribution < 1.29 is 22.7 Å². The van der Waals surface area contributed by atoms with Crippen molar-refractivity contribution in [1.29, 1.82) is 0 Å². The predicted molar refractivity (Wildman–Crippen MR) is 94.8 cm³/mol. The van der Waals surface area contributed by atoms with Gasteiger partial charge in [0.15, 0.2) is 11.6 Å². The Bertz CT molecular complexity index is 801. The third kappa shape index (κ3) is 5.01. The van der Waals surface area contributed by atoms with Gasteiger partial charge in [-0.1, -0.05) is 12.1 Å². The summed E-state index contributed by atoms with van der Waals surface area (Å²) < 4.78 is 45.2. The molecule has 0 aliphatic carbocycles. The molecule has 0 saturated carbocycles. The van der Waals surface area contributed by atoms with E-state index in [1.807, 2.05) is 0 Å². The van der Waals surface area contributed by atoms with Crippen LogP contribution in [0.3, 0.4) is 0 Å². The Labute approximate surface area is 155 Å².